The first-order valence-corrected chi connectivity index (χ1v) is 18.1. The number of aromatic nitrogens is 2. The molecule has 8 aromatic carbocycles. The van der Waals surface area contributed by atoms with Gasteiger partial charge in [-0.1, -0.05) is 133 Å². The van der Waals surface area contributed by atoms with E-state index in [0.717, 1.165) is 33.2 Å². The summed E-state index contributed by atoms with van der Waals surface area (Å²) in [5, 5.41) is 12.2. The molecule has 0 aliphatic heterocycles. The molecule has 0 radical (unpaired) electrons. The second kappa shape index (κ2) is 12.4. The number of fused-ring (bicyclic) bond motifs is 8. The number of allylic oxidation sites excluding steroid dienone is 3. The number of pyridine rings is 1. The Balaban J connectivity index is 1.29. The molecule has 3 heteroatoms. The quantitative estimate of drug-likeness (QED) is 0.112. The number of nitrogens with zero attached hydrogens (tertiary/aromatic N) is 2. The van der Waals surface area contributed by atoms with Crippen LogP contribution in [0, 0.1) is 0 Å². The largest absolute Gasteiger partial charge is 0.397 e. The Kier molecular flexibility index (Phi) is 7.19. The van der Waals surface area contributed by atoms with E-state index in [-0.39, 0.29) is 0 Å². The molecule has 0 spiro atoms. The summed E-state index contributed by atoms with van der Waals surface area (Å²) in [5.41, 5.74) is 16.1. The predicted molar refractivity (Wildman–Crippen MR) is 226 cm³/mol. The predicted octanol–water partition coefficient (Wildman–Crippen LogP) is 13.0. The SMILES string of the molecule is C/C=C\C=C(/N)c1cc2c3cc(-c4c5ccccc5c(-c5cc6ccccc6c6ccccc56)c5ccccc45)ccc3n(-c3ccccc3)c2cn1. The number of para-hydroxylation sites is 1. The smallest absolute Gasteiger partial charge is 0.0866 e. The van der Waals surface area contributed by atoms with Crippen molar-refractivity contribution in [1.82, 2.24) is 9.55 Å². The number of nitrogens with two attached hydrogens (primary N) is 1. The van der Waals surface area contributed by atoms with Crippen molar-refractivity contribution in [3.63, 3.8) is 0 Å². The molecule has 0 saturated carbocycles. The molecule has 10 rings (SSSR count). The molecule has 2 heterocycles. The summed E-state index contributed by atoms with van der Waals surface area (Å²) < 4.78 is 2.31. The first-order valence-electron chi connectivity index (χ1n) is 18.1. The summed E-state index contributed by atoms with van der Waals surface area (Å²) in [7, 11) is 0. The van der Waals surface area contributed by atoms with E-state index in [1.165, 1.54) is 65.3 Å². The summed E-state index contributed by atoms with van der Waals surface area (Å²) in [6.45, 7) is 1.99. The Morgan fingerprint density at radius 3 is 1.81 bits per heavy atom. The second-order valence-electron chi connectivity index (χ2n) is 13.7. The van der Waals surface area contributed by atoms with Gasteiger partial charge in [0, 0.05) is 16.5 Å². The lowest BCUT2D eigenvalue weighted by atomic mass is 9.83. The minimum Gasteiger partial charge on any atom is -0.397 e. The molecule has 53 heavy (non-hydrogen) atoms. The fourth-order valence-corrected chi connectivity index (χ4v) is 8.36. The Labute approximate surface area is 307 Å². The minimum absolute atomic E-state index is 0.635. The first-order chi connectivity index (χ1) is 26.2. The van der Waals surface area contributed by atoms with E-state index in [1.807, 2.05) is 31.3 Å². The summed E-state index contributed by atoms with van der Waals surface area (Å²) >= 11 is 0. The zero-order valence-corrected chi connectivity index (χ0v) is 29.3. The summed E-state index contributed by atoms with van der Waals surface area (Å²) in [4.78, 5) is 4.83. The van der Waals surface area contributed by atoms with Gasteiger partial charge in [0.05, 0.1) is 28.6 Å². The molecule has 10 aromatic rings. The van der Waals surface area contributed by atoms with Crippen molar-refractivity contribution in [1.29, 1.82) is 0 Å². The average molecular weight is 678 g/mol. The molecule has 0 atom stereocenters. The van der Waals surface area contributed by atoms with E-state index in [0.29, 0.717) is 5.70 Å². The highest BCUT2D eigenvalue weighted by molar-refractivity contribution is 6.26. The molecule has 0 unspecified atom stereocenters. The van der Waals surface area contributed by atoms with Crippen LogP contribution in [0.15, 0.2) is 182 Å². The highest BCUT2D eigenvalue weighted by atomic mass is 15.0. The fraction of sp³-hybridized carbons (Fsp3) is 0.0200. The second-order valence-corrected chi connectivity index (χ2v) is 13.7. The molecule has 0 aliphatic rings. The fourth-order valence-electron chi connectivity index (χ4n) is 8.36. The van der Waals surface area contributed by atoms with Crippen LogP contribution in [-0.2, 0) is 0 Å². The third-order valence-corrected chi connectivity index (χ3v) is 10.7. The van der Waals surface area contributed by atoms with Gasteiger partial charge < -0.3 is 10.3 Å². The van der Waals surface area contributed by atoms with Gasteiger partial charge in [-0.3, -0.25) is 4.98 Å². The third kappa shape index (κ3) is 4.86. The maximum atomic E-state index is 6.55. The van der Waals surface area contributed by atoms with Crippen molar-refractivity contribution in [2.45, 2.75) is 6.92 Å². The van der Waals surface area contributed by atoms with Crippen LogP contribution in [0.25, 0.3) is 98.5 Å². The number of benzene rings is 8. The summed E-state index contributed by atoms with van der Waals surface area (Å²) in [5.74, 6) is 0. The highest BCUT2D eigenvalue weighted by Gasteiger charge is 2.21. The van der Waals surface area contributed by atoms with Crippen LogP contribution >= 0.6 is 0 Å². The zero-order valence-electron chi connectivity index (χ0n) is 29.3. The van der Waals surface area contributed by atoms with Gasteiger partial charge in [-0.25, -0.2) is 0 Å². The molecule has 3 nitrogen and oxygen atoms in total. The van der Waals surface area contributed by atoms with Crippen molar-refractivity contribution in [2.75, 3.05) is 0 Å². The normalized spacial score (nSPS) is 12.4. The topological polar surface area (TPSA) is 43.8 Å². The van der Waals surface area contributed by atoms with Crippen molar-refractivity contribution >= 4 is 70.6 Å². The first kappa shape index (κ1) is 30.8. The van der Waals surface area contributed by atoms with Gasteiger partial charge in [-0.15, -0.1) is 0 Å². The number of hydrogen-bond acceptors (Lipinski definition) is 2. The molecule has 0 amide bonds. The van der Waals surface area contributed by atoms with Crippen LogP contribution in [0.5, 0.6) is 0 Å². The van der Waals surface area contributed by atoms with Crippen molar-refractivity contribution in [3.8, 4) is 27.9 Å². The van der Waals surface area contributed by atoms with Gasteiger partial charge in [-0.2, -0.15) is 0 Å². The molecule has 0 fully saturated rings. The van der Waals surface area contributed by atoms with E-state index >= 15 is 0 Å². The minimum atomic E-state index is 0.635. The summed E-state index contributed by atoms with van der Waals surface area (Å²) in [6.07, 6.45) is 7.80. The molecular weight excluding hydrogens is 643 g/mol. The lowest BCUT2D eigenvalue weighted by Gasteiger charge is -2.19. The van der Waals surface area contributed by atoms with Gasteiger partial charge >= 0.3 is 0 Å². The molecule has 0 bridgehead atoms. The maximum absolute atomic E-state index is 6.55. The monoisotopic (exact) mass is 677 g/mol. The molecule has 2 aromatic heterocycles. The van der Waals surface area contributed by atoms with E-state index in [4.69, 9.17) is 10.7 Å². The van der Waals surface area contributed by atoms with Crippen LogP contribution in [0.1, 0.15) is 12.6 Å². The Hall–Kier alpha value is -6.97. The van der Waals surface area contributed by atoms with Gasteiger partial charge in [0.15, 0.2) is 0 Å². The average Bonchev–Trinajstić information content (AvgIpc) is 3.55. The molecule has 2 N–H and O–H groups in total. The van der Waals surface area contributed by atoms with Crippen LogP contribution in [0.4, 0.5) is 0 Å². The Morgan fingerprint density at radius 1 is 0.528 bits per heavy atom. The van der Waals surface area contributed by atoms with E-state index in [2.05, 4.69) is 162 Å². The summed E-state index contributed by atoms with van der Waals surface area (Å²) in [6, 6.07) is 57.4. The zero-order chi connectivity index (χ0) is 35.5. The van der Waals surface area contributed by atoms with Crippen LogP contribution < -0.4 is 5.73 Å². The number of hydrogen-bond donors (Lipinski definition) is 1. The third-order valence-electron chi connectivity index (χ3n) is 10.7. The van der Waals surface area contributed by atoms with Gasteiger partial charge in [0.1, 0.15) is 0 Å². The maximum Gasteiger partial charge on any atom is 0.0866 e. The van der Waals surface area contributed by atoms with Gasteiger partial charge in [-0.05, 0) is 115 Å². The molecule has 0 aliphatic carbocycles. The van der Waals surface area contributed by atoms with Crippen molar-refractivity contribution in [2.24, 2.45) is 5.73 Å². The van der Waals surface area contributed by atoms with Crippen LogP contribution in [0.3, 0.4) is 0 Å². The Bertz CT molecular complexity index is 3070. The van der Waals surface area contributed by atoms with Crippen molar-refractivity contribution in [3.05, 3.63) is 188 Å². The molecular formula is C50H35N3. The van der Waals surface area contributed by atoms with Crippen LogP contribution in [-0.4, -0.2) is 9.55 Å². The van der Waals surface area contributed by atoms with E-state index < -0.39 is 0 Å². The lowest BCUT2D eigenvalue weighted by molar-refractivity contribution is 1.16. The Morgan fingerprint density at radius 2 is 1.11 bits per heavy atom. The van der Waals surface area contributed by atoms with Gasteiger partial charge in [0.2, 0.25) is 0 Å². The molecule has 0 saturated heterocycles. The molecule has 250 valence electrons. The number of rotatable bonds is 5. The van der Waals surface area contributed by atoms with Gasteiger partial charge in [0.25, 0.3) is 0 Å². The van der Waals surface area contributed by atoms with E-state index in [9.17, 15) is 0 Å². The van der Waals surface area contributed by atoms with E-state index in [1.54, 1.807) is 0 Å². The lowest BCUT2D eigenvalue weighted by Crippen LogP contribution is -1.99. The standard InChI is InChI=1S/C50H35N3/c1-2-3-25-45(51)46-30-43-42-29-33(26-27-47(42)53(48(43)31-52-46)34-16-5-4-6-17-34)49-38-21-11-13-23-40(38)50(41-24-14-12-22-39(41)49)44-28-32-15-7-8-18-35(32)36-19-9-10-20-37(36)44/h2-31H,51H2,1H3/b3-2-,45-25-. The van der Waals surface area contributed by atoms with Crippen LogP contribution in [0.2, 0.25) is 0 Å². The highest BCUT2D eigenvalue weighted by Crippen LogP contribution is 2.47. The van der Waals surface area contributed by atoms with Crippen molar-refractivity contribution < 1.29 is 0 Å².